The van der Waals surface area contributed by atoms with Gasteiger partial charge in [-0.05, 0) is 37.8 Å². The molecule has 4 fully saturated rings. The zero-order valence-electron chi connectivity index (χ0n) is 20.9. The van der Waals surface area contributed by atoms with Crippen molar-refractivity contribution >= 4 is 16.6 Å². The monoisotopic (exact) mass is 512 g/mol. The Kier molecular flexibility index (Phi) is 4.34. The molecule has 196 valence electrons. The molecule has 1 spiro atoms. The molecule has 10 heteroatoms. The molecule has 2 bridgehead atoms. The van der Waals surface area contributed by atoms with Crippen LogP contribution in [-0.4, -0.2) is 74.5 Å². The lowest BCUT2D eigenvalue weighted by atomic mass is 9.78. The van der Waals surface area contributed by atoms with Crippen LogP contribution in [0.15, 0.2) is 6.07 Å². The number of Topliss-reactive ketones (excluding diaryl/α,β-unsaturated/α-hetero) is 1. The van der Waals surface area contributed by atoms with E-state index >= 15 is 0 Å². The predicted octanol–water partition coefficient (Wildman–Crippen LogP) is 2.81. The second kappa shape index (κ2) is 7.13. The standard InChI is InChI=1S/C27H28O10/c1-12-10-14-18(19(29)17-13(20(14)30-2)6-4-7-15(17)28)21-16(12)22-23-26(31-3,35-21)25(11-34-25)27(36-22,37-23)24-32-8-5-9-33-24/h10,22-24,29H,4-9,11H2,1-3H3/t22-,23-,25-,26+,27-/m0/s1. The molecular formula is C27H28O10. The first-order valence-electron chi connectivity index (χ1n) is 12.8. The maximum absolute atomic E-state index is 13.0. The molecule has 2 aromatic carbocycles. The summed E-state index contributed by atoms with van der Waals surface area (Å²) in [5.41, 5.74) is 1.50. The van der Waals surface area contributed by atoms with Gasteiger partial charge in [-0.2, -0.15) is 0 Å². The van der Waals surface area contributed by atoms with Gasteiger partial charge in [-0.25, -0.2) is 0 Å². The molecule has 5 atom stereocenters. The maximum atomic E-state index is 13.0. The van der Waals surface area contributed by atoms with Crippen LogP contribution in [0.3, 0.4) is 0 Å². The summed E-state index contributed by atoms with van der Waals surface area (Å²) in [6, 6.07) is 1.95. The number of benzene rings is 2. The molecule has 6 aliphatic rings. The average molecular weight is 513 g/mol. The lowest BCUT2D eigenvalue weighted by Crippen LogP contribution is -2.70. The van der Waals surface area contributed by atoms with Crippen LogP contribution in [0, 0.1) is 6.92 Å². The van der Waals surface area contributed by atoms with Crippen LogP contribution < -0.4 is 9.47 Å². The Balaban J connectivity index is 1.40. The molecule has 2 aromatic rings. The molecule has 37 heavy (non-hydrogen) atoms. The minimum Gasteiger partial charge on any atom is -0.506 e. The molecule has 10 nitrogen and oxygen atoms in total. The van der Waals surface area contributed by atoms with Gasteiger partial charge < -0.3 is 43.0 Å². The van der Waals surface area contributed by atoms with E-state index in [1.54, 1.807) is 14.2 Å². The minimum atomic E-state index is -1.38. The molecule has 0 amide bonds. The molecule has 5 heterocycles. The van der Waals surface area contributed by atoms with Crippen LogP contribution in [0.4, 0.5) is 0 Å². The third-order valence-corrected chi connectivity index (χ3v) is 8.93. The van der Waals surface area contributed by atoms with Crippen LogP contribution in [0.5, 0.6) is 17.2 Å². The Bertz CT molecular complexity index is 1380. The summed E-state index contributed by atoms with van der Waals surface area (Å²) in [5.74, 6) is -2.01. The first-order valence-corrected chi connectivity index (χ1v) is 12.8. The third-order valence-electron chi connectivity index (χ3n) is 8.93. The van der Waals surface area contributed by atoms with E-state index in [1.807, 2.05) is 13.0 Å². The van der Waals surface area contributed by atoms with Crippen molar-refractivity contribution in [1.29, 1.82) is 0 Å². The second-order valence-electron chi connectivity index (χ2n) is 10.6. The van der Waals surface area contributed by atoms with Crippen molar-refractivity contribution in [3.8, 4) is 17.2 Å². The summed E-state index contributed by atoms with van der Waals surface area (Å²) in [6.45, 7) is 3.24. The summed E-state index contributed by atoms with van der Waals surface area (Å²) in [6.07, 6.45) is 0.427. The molecule has 0 aromatic heterocycles. The highest BCUT2D eigenvalue weighted by molar-refractivity contribution is 6.11. The molecule has 0 radical (unpaired) electrons. The maximum Gasteiger partial charge on any atom is 0.277 e. The SMILES string of the molecule is COc1c2c(c(O)c3c4c(c(C)cc13)[C@@H]1O[C@@]3(C5OCCCO5)O[C@@H]1[C@@](OC)(O4)[C@@]31CO1)C(=O)CCC2. The van der Waals surface area contributed by atoms with Gasteiger partial charge in [-0.15, -0.1) is 0 Å². The van der Waals surface area contributed by atoms with Crippen molar-refractivity contribution in [1.82, 2.24) is 0 Å². The Morgan fingerprint density at radius 1 is 1.11 bits per heavy atom. The van der Waals surface area contributed by atoms with Crippen molar-refractivity contribution in [2.75, 3.05) is 34.0 Å². The number of carbonyl (C=O) groups is 1. The second-order valence-corrected chi connectivity index (χ2v) is 10.6. The summed E-state index contributed by atoms with van der Waals surface area (Å²) in [7, 11) is 3.13. The number of carbonyl (C=O) groups excluding carboxylic acids is 1. The van der Waals surface area contributed by atoms with E-state index in [9.17, 15) is 9.90 Å². The number of hydrogen-bond donors (Lipinski definition) is 1. The zero-order valence-corrected chi connectivity index (χ0v) is 20.9. The largest absolute Gasteiger partial charge is 0.506 e. The number of phenolic OH excluding ortho intramolecular Hbond substituents is 1. The summed E-state index contributed by atoms with van der Waals surface area (Å²) >= 11 is 0. The van der Waals surface area contributed by atoms with E-state index in [4.69, 9.17) is 37.9 Å². The fourth-order valence-electron chi connectivity index (χ4n) is 7.32. The van der Waals surface area contributed by atoms with E-state index in [2.05, 4.69) is 0 Å². The van der Waals surface area contributed by atoms with Gasteiger partial charge in [0.2, 0.25) is 11.9 Å². The highest BCUT2D eigenvalue weighted by atomic mass is 16.9. The Hall–Kier alpha value is -2.47. The van der Waals surface area contributed by atoms with E-state index in [0.717, 1.165) is 23.1 Å². The van der Waals surface area contributed by atoms with E-state index in [1.165, 1.54) is 0 Å². The van der Waals surface area contributed by atoms with Gasteiger partial charge in [0.15, 0.2) is 11.9 Å². The molecule has 0 saturated carbocycles. The van der Waals surface area contributed by atoms with Crippen LogP contribution in [0.2, 0.25) is 0 Å². The van der Waals surface area contributed by atoms with Gasteiger partial charge in [0.25, 0.3) is 11.6 Å². The minimum absolute atomic E-state index is 0.106. The van der Waals surface area contributed by atoms with Crippen LogP contribution in [0.25, 0.3) is 10.8 Å². The number of hydrogen-bond acceptors (Lipinski definition) is 10. The number of aromatic hydroxyl groups is 1. The molecular weight excluding hydrogens is 484 g/mol. The van der Waals surface area contributed by atoms with Gasteiger partial charge in [0.05, 0.1) is 37.9 Å². The number of epoxide rings is 1. The number of methoxy groups -OCH3 is 2. The topological polar surface area (TPSA) is 114 Å². The first kappa shape index (κ1) is 22.5. The number of ketones is 1. The summed E-state index contributed by atoms with van der Waals surface area (Å²) in [5, 5.41) is 12.7. The smallest absolute Gasteiger partial charge is 0.277 e. The zero-order chi connectivity index (χ0) is 25.3. The van der Waals surface area contributed by atoms with Gasteiger partial charge in [-0.3, -0.25) is 4.79 Å². The van der Waals surface area contributed by atoms with Crippen LogP contribution in [-0.2, 0) is 34.8 Å². The Labute approximate surface area is 212 Å². The highest BCUT2D eigenvalue weighted by Gasteiger charge is 2.93. The molecule has 4 saturated heterocycles. The molecule has 5 aliphatic heterocycles. The van der Waals surface area contributed by atoms with Crippen molar-refractivity contribution in [3.63, 3.8) is 0 Å². The lowest BCUT2D eigenvalue weighted by molar-refractivity contribution is -0.365. The Morgan fingerprint density at radius 2 is 1.89 bits per heavy atom. The number of rotatable bonds is 3. The normalized spacial score (nSPS) is 37.5. The molecule has 8 rings (SSSR count). The molecule has 0 unspecified atom stereocenters. The lowest BCUT2D eigenvalue weighted by Gasteiger charge is -2.49. The van der Waals surface area contributed by atoms with Crippen molar-refractivity contribution in [3.05, 3.63) is 28.3 Å². The number of phenols is 1. The third kappa shape index (κ3) is 2.37. The fourth-order valence-corrected chi connectivity index (χ4v) is 7.32. The van der Waals surface area contributed by atoms with Gasteiger partial charge >= 0.3 is 0 Å². The fraction of sp³-hybridized carbons (Fsp3) is 0.593. The van der Waals surface area contributed by atoms with E-state index in [0.29, 0.717) is 60.3 Å². The van der Waals surface area contributed by atoms with Crippen LogP contribution in [0.1, 0.15) is 52.4 Å². The van der Waals surface area contributed by atoms with E-state index < -0.39 is 35.7 Å². The van der Waals surface area contributed by atoms with E-state index in [-0.39, 0.29) is 18.1 Å². The number of aryl methyl sites for hydroxylation is 1. The van der Waals surface area contributed by atoms with Crippen LogP contribution >= 0.6 is 0 Å². The van der Waals surface area contributed by atoms with Gasteiger partial charge in [0.1, 0.15) is 23.4 Å². The first-order chi connectivity index (χ1) is 17.9. The van der Waals surface area contributed by atoms with Crippen molar-refractivity contribution in [2.45, 2.75) is 68.3 Å². The molecule has 1 aliphatic carbocycles. The number of fused-ring (bicyclic) bond motifs is 8. The van der Waals surface area contributed by atoms with Gasteiger partial charge in [0, 0.05) is 30.0 Å². The highest BCUT2D eigenvalue weighted by Crippen LogP contribution is 2.72. The number of ether oxygens (including phenoxy) is 8. The van der Waals surface area contributed by atoms with Crippen molar-refractivity contribution < 1.29 is 47.8 Å². The van der Waals surface area contributed by atoms with Crippen molar-refractivity contribution in [2.24, 2.45) is 0 Å². The van der Waals surface area contributed by atoms with Gasteiger partial charge in [-0.1, -0.05) is 0 Å². The predicted molar refractivity (Wildman–Crippen MR) is 125 cm³/mol. The Morgan fingerprint density at radius 3 is 2.59 bits per heavy atom. The summed E-state index contributed by atoms with van der Waals surface area (Å²) in [4.78, 5) is 13.0. The summed E-state index contributed by atoms with van der Waals surface area (Å²) < 4.78 is 50.0. The molecule has 1 N–H and O–H groups in total. The average Bonchev–Trinajstić information content (AvgIpc) is 3.56. The quantitative estimate of drug-likeness (QED) is 0.616.